The summed E-state index contributed by atoms with van der Waals surface area (Å²) in [7, 11) is 0. The van der Waals surface area contributed by atoms with E-state index in [-0.39, 0.29) is 29.6 Å². The zero-order valence-electron chi connectivity index (χ0n) is 17.6. The summed E-state index contributed by atoms with van der Waals surface area (Å²) in [6.07, 6.45) is 1.84. The van der Waals surface area contributed by atoms with Gasteiger partial charge in [0, 0.05) is 31.3 Å². The quantitative estimate of drug-likeness (QED) is 0.631. The molecule has 1 amide bonds. The normalized spacial score (nSPS) is 14.6. The summed E-state index contributed by atoms with van der Waals surface area (Å²) in [5.74, 6) is -0.0225. The number of nitrogens with zero attached hydrogens (tertiary/aromatic N) is 3. The van der Waals surface area contributed by atoms with E-state index in [0.29, 0.717) is 25.2 Å². The Labute approximate surface area is 181 Å². The van der Waals surface area contributed by atoms with Crippen molar-refractivity contribution in [1.29, 1.82) is 0 Å². The van der Waals surface area contributed by atoms with Gasteiger partial charge in [-0.15, -0.1) is 0 Å². The monoisotopic (exact) mass is 419 g/mol. The third-order valence-electron chi connectivity index (χ3n) is 5.88. The lowest BCUT2D eigenvalue weighted by Crippen LogP contribution is -2.41. The molecule has 31 heavy (non-hydrogen) atoms. The van der Waals surface area contributed by atoms with Crippen LogP contribution in [0.2, 0.25) is 0 Å². The van der Waals surface area contributed by atoms with Gasteiger partial charge in [-0.25, -0.2) is 9.07 Å². The van der Waals surface area contributed by atoms with Crippen molar-refractivity contribution in [2.75, 3.05) is 13.1 Å². The average molecular weight is 420 g/mol. The number of likely N-dealkylation sites (tertiary alicyclic amines) is 1. The number of carbonyl (C=O) groups excluding carboxylic acids is 1. The molecular formula is C25H26FN3O2. The highest BCUT2D eigenvalue weighted by molar-refractivity contribution is 5.78. The molecule has 1 aliphatic heterocycles. The molecular weight excluding hydrogens is 393 g/mol. The molecule has 4 rings (SSSR count). The van der Waals surface area contributed by atoms with Gasteiger partial charge in [-0.05, 0) is 48.9 Å². The predicted octanol–water partition coefficient (Wildman–Crippen LogP) is 3.84. The Bertz CT molecular complexity index is 1120. The first-order valence-electron chi connectivity index (χ1n) is 10.7. The number of rotatable bonds is 5. The highest BCUT2D eigenvalue weighted by Gasteiger charge is 2.24. The van der Waals surface area contributed by atoms with Gasteiger partial charge in [0.05, 0.1) is 12.1 Å². The number of aromatic nitrogens is 2. The van der Waals surface area contributed by atoms with Crippen LogP contribution < -0.4 is 5.56 Å². The summed E-state index contributed by atoms with van der Waals surface area (Å²) in [4.78, 5) is 26.9. The molecule has 0 unspecified atom stereocenters. The van der Waals surface area contributed by atoms with Crippen molar-refractivity contribution in [1.82, 2.24) is 14.7 Å². The fourth-order valence-electron chi connectivity index (χ4n) is 4.13. The van der Waals surface area contributed by atoms with E-state index in [1.807, 2.05) is 42.2 Å². The summed E-state index contributed by atoms with van der Waals surface area (Å²) in [5, 5.41) is 4.64. The van der Waals surface area contributed by atoms with E-state index in [1.54, 1.807) is 22.9 Å². The number of hydrogen-bond acceptors (Lipinski definition) is 3. The second-order valence-electron chi connectivity index (χ2n) is 8.19. The van der Waals surface area contributed by atoms with Crippen molar-refractivity contribution in [3.8, 4) is 11.3 Å². The lowest BCUT2D eigenvalue weighted by atomic mass is 9.96. The first kappa shape index (κ1) is 21.0. The van der Waals surface area contributed by atoms with Gasteiger partial charge in [0.25, 0.3) is 5.56 Å². The highest BCUT2D eigenvalue weighted by atomic mass is 19.1. The third kappa shape index (κ3) is 5.08. The molecule has 0 N–H and O–H groups in total. The summed E-state index contributed by atoms with van der Waals surface area (Å²) < 4.78 is 14.9. The summed E-state index contributed by atoms with van der Waals surface area (Å²) in [6, 6.07) is 17.7. The molecule has 0 radical (unpaired) electrons. The first-order chi connectivity index (χ1) is 15.0. The van der Waals surface area contributed by atoms with Gasteiger partial charge in [0.1, 0.15) is 5.82 Å². The molecule has 2 heterocycles. The van der Waals surface area contributed by atoms with E-state index in [9.17, 15) is 14.0 Å². The minimum atomic E-state index is -0.324. The van der Waals surface area contributed by atoms with Crippen LogP contribution in [-0.2, 0) is 17.8 Å². The van der Waals surface area contributed by atoms with Gasteiger partial charge >= 0.3 is 0 Å². The average Bonchev–Trinajstić information content (AvgIpc) is 2.77. The fourth-order valence-corrected chi connectivity index (χ4v) is 4.13. The van der Waals surface area contributed by atoms with E-state index in [2.05, 4.69) is 5.10 Å². The molecule has 160 valence electrons. The minimum Gasteiger partial charge on any atom is -0.342 e. The zero-order chi connectivity index (χ0) is 21.8. The molecule has 6 heteroatoms. The van der Waals surface area contributed by atoms with Crippen molar-refractivity contribution in [2.24, 2.45) is 5.92 Å². The molecule has 0 bridgehead atoms. The van der Waals surface area contributed by atoms with Crippen LogP contribution in [0.15, 0.2) is 65.5 Å². The number of amides is 1. The minimum absolute atomic E-state index is 0.0149. The van der Waals surface area contributed by atoms with Crippen LogP contribution in [-0.4, -0.2) is 33.7 Å². The van der Waals surface area contributed by atoms with Gasteiger partial charge < -0.3 is 4.90 Å². The van der Waals surface area contributed by atoms with Crippen LogP contribution >= 0.6 is 0 Å². The van der Waals surface area contributed by atoms with Crippen LogP contribution in [0.25, 0.3) is 11.3 Å². The number of aryl methyl sites for hydroxylation is 1. The van der Waals surface area contributed by atoms with Crippen molar-refractivity contribution in [3.05, 3.63) is 88.0 Å². The Hall–Kier alpha value is -3.28. The first-order valence-corrected chi connectivity index (χ1v) is 10.7. The molecule has 2 aromatic carbocycles. The summed E-state index contributed by atoms with van der Waals surface area (Å²) in [6.45, 7) is 3.74. The smallest absolute Gasteiger partial charge is 0.267 e. The highest BCUT2D eigenvalue weighted by Crippen LogP contribution is 2.22. The SMILES string of the molecule is Cc1cc(=O)n(CC2CCN(C(=O)Cc3cccc(F)c3)CC2)nc1-c1ccccc1. The molecule has 1 aliphatic rings. The molecule has 1 aromatic heterocycles. The maximum Gasteiger partial charge on any atom is 0.267 e. The lowest BCUT2D eigenvalue weighted by molar-refractivity contribution is -0.131. The van der Waals surface area contributed by atoms with E-state index in [0.717, 1.165) is 29.7 Å². The fraction of sp³-hybridized carbons (Fsp3) is 0.320. The zero-order valence-corrected chi connectivity index (χ0v) is 17.6. The molecule has 5 nitrogen and oxygen atoms in total. The van der Waals surface area contributed by atoms with Crippen LogP contribution in [0.1, 0.15) is 24.0 Å². The Morgan fingerprint density at radius 2 is 1.81 bits per heavy atom. The summed E-state index contributed by atoms with van der Waals surface area (Å²) in [5.41, 5.74) is 3.28. The van der Waals surface area contributed by atoms with Crippen molar-refractivity contribution in [2.45, 2.75) is 32.7 Å². The van der Waals surface area contributed by atoms with Gasteiger partial charge in [-0.3, -0.25) is 9.59 Å². The maximum atomic E-state index is 13.4. The molecule has 0 atom stereocenters. The van der Waals surface area contributed by atoms with E-state index in [4.69, 9.17) is 0 Å². The second-order valence-corrected chi connectivity index (χ2v) is 8.19. The van der Waals surface area contributed by atoms with Crippen LogP contribution in [0, 0.1) is 18.7 Å². The molecule has 0 saturated carbocycles. The van der Waals surface area contributed by atoms with Crippen LogP contribution in [0.5, 0.6) is 0 Å². The van der Waals surface area contributed by atoms with Gasteiger partial charge in [-0.2, -0.15) is 5.10 Å². The Balaban J connectivity index is 1.39. The van der Waals surface area contributed by atoms with Crippen molar-refractivity contribution >= 4 is 5.91 Å². The van der Waals surface area contributed by atoms with E-state index in [1.165, 1.54) is 12.1 Å². The second kappa shape index (κ2) is 9.25. The molecule has 1 fully saturated rings. The third-order valence-corrected chi connectivity index (χ3v) is 5.88. The number of halogens is 1. The largest absolute Gasteiger partial charge is 0.342 e. The molecule has 0 aliphatic carbocycles. The predicted molar refractivity (Wildman–Crippen MR) is 118 cm³/mol. The van der Waals surface area contributed by atoms with Crippen molar-refractivity contribution in [3.63, 3.8) is 0 Å². The number of carbonyl (C=O) groups is 1. The maximum absolute atomic E-state index is 13.4. The van der Waals surface area contributed by atoms with Crippen LogP contribution in [0.4, 0.5) is 4.39 Å². The molecule has 3 aromatic rings. The summed E-state index contributed by atoms with van der Waals surface area (Å²) >= 11 is 0. The van der Waals surface area contributed by atoms with Crippen LogP contribution in [0.3, 0.4) is 0 Å². The number of benzene rings is 2. The van der Waals surface area contributed by atoms with Crippen molar-refractivity contribution < 1.29 is 9.18 Å². The van der Waals surface area contributed by atoms with Gasteiger partial charge in [0.15, 0.2) is 0 Å². The number of hydrogen-bond donors (Lipinski definition) is 0. The lowest BCUT2D eigenvalue weighted by Gasteiger charge is -2.32. The molecule has 1 saturated heterocycles. The number of piperidine rings is 1. The molecule has 0 spiro atoms. The topological polar surface area (TPSA) is 55.2 Å². The van der Waals surface area contributed by atoms with Gasteiger partial charge in [-0.1, -0.05) is 42.5 Å². The van der Waals surface area contributed by atoms with E-state index < -0.39 is 0 Å². The standard InChI is InChI=1S/C25H26FN3O2/c1-18-14-24(31)29(27-25(18)21-7-3-2-4-8-21)17-19-10-12-28(13-11-19)23(30)16-20-6-5-9-22(26)15-20/h2-9,14-15,19H,10-13,16-17H2,1H3. The Morgan fingerprint density at radius 3 is 2.52 bits per heavy atom. The van der Waals surface area contributed by atoms with E-state index >= 15 is 0 Å². The van der Waals surface area contributed by atoms with Gasteiger partial charge in [0.2, 0.25) is 5.91 Å². The Kier molecular flexibility index (Phi) is 6.26. The Morgan fingerprint density at radius 1 is 1.06 bits per heavy atom.